The highest BCUT2D eigenvalue weighted by Gasteiger charge is 2.44. The van der Waals surface area contributed by atoms with Crippen LogP contribution in [0.1, 0.15) is 86.9 Å². The number of benzene rings is 2. The molecule has 2 amide bonds. The quantitative estimate of drug-likeness (QED) is 0.409. The normalized spacial score (nSPS) is 22.2. The lowest BCUT2D eigenvalue weighted by Crippen LogP contribution is -2.53. The van der Waals surface area contributed by atoms with E-state index in [1.165, 1.54) is 4.90 Å². The van der Waals surface area contributed by atoms with Crippen LogP contribution in [0.5, 0.6) is 5.75 Å². The number of nitrogens with zero attached hydrogens (tertiary/aromatic N) is 2. The van der Waals surface area contributed by atoms with Crippen molar-refractivity contribution < 1.29 is 27.9 Å². The Morgan fingerprint density at radius 3 is 2.51 bits per heavy atom. The Kier molecular flexibility index (Phi) is 8.52. The Morgan fingerprint density at radius 1 is 1.20 bits per heavy atom. The number of carbonyl (C=O) groups is 2. The van der Waals surface area contributed by atoms with Gasteiger partial charge >= 0.3 is 0 Å². The molecule has 0 bridgehead atoms. The van der Waals surface area contributed by atoms with Crippen molar-refractivity contribution in [2.45, 2.75) is 82.7 Å². The van der Waals surface area contributed by atoms with Crippen LogP contribution in [0.3, 0.4) is 0 Å². The molecular formula is C30H40N4O6S. The third kappa shape index (κ3) is 6.41. The molecule has 0 saturated heterocycles. The second-order valence-corrected chi connectivity index (χ2v) is 13.8. The Morgan fingerprint density at radius 2 is 1.88 bits per heavy atom. The lowest BCUT2D eigenvalue weighted by atomic mass is 9.86. The van der Waals surface area contributed by atoms with Gasteiger partial charge < -0.3 is 20.9 Å². The highest BCUT2D eigenvalue weighted by atomic mass is 32.2. The number of para-hydroxylation sites is 1. The maximum atomic E-state index is 13.6. The third-order valence-corrected chi connectivity index (χ3v) is 9.19. The van der Waals surface area contributed by atoms with Gasteiger partial charge in [0.25, 0.3) is 5.91 Å². The fourth-order valence-corrected chi connectivity index (χ4v) is 6.26. The molecule has 4 N–H and O–H groups in total. The van der Waals surface area contributed by atoms with E-state index < -0.39 is 45.1 Å². The highest BCUT2D eigenvalue weighted by molar-refractivity contribution is 7.90. The molecule has 0 radical (unpaired) electrons. The number of carbonyl (C=O) groups excluding carboxylic acids is 2. The molecule has 0 aromatic heterocycles. The monoisotopic (exact) mass is 584 g/mol. The zero-order chi connectivity index (χ0) is 30.2. The Labute approximate surface area is 241 Å². The fourth-order valence-electron chi connectivity index (χ4n) is 5.61. The molecule has 10 nitrogen and oxygen atoms in total. The van der Waals surface area contributed by atoms with Crippen molar-refractivity contribution in [3.63, 3.8) is 0 Å². The molecule has 222 valence electrons. The van der Waals surface area contributed by atoms with Crippen LogP contribution < -0.4 is 15.8 Å². The van der Waals surface area contributed by atoms with E-state index in [0.29, 0.717) is 29.7 Å². The van der Waals surface area contributed by atoms with E-state index >= 15 is 0 Å². The second kappa shape index (κ2) is 11.4. The van der Waals surface area contributed by atoms with Crippen LogP contribution >= 0.6 is 0 Å². The fraction of sp³-hybridized carbons (Fsp3) is 0.500. The van der Waals surface area contributed by atoms with Crippen LogP contribution in [-0.2, 0) is 14.6 Å². The summed E-state index contributed by atoms with van der Waals surface area (Å²) in [5.41, 5.74) is 6.34. The van der Waals surface area contributed by atoms with Crippen LogP contribution in [-0.4, -0.2) is 65.5 Å². The number of hydrogen-bond donors (Lipinski definition) is 3. The number of aliphatic imine (C=N–C) groups is 1. The molecule has 3 atom stereocenters. The van der Waals surface area contributed by atoms with Crippen molar-refractivity contribution in [2.24, 2.45) is 10.7 Å². The van der Waals surface area contributed by atoms with E-state index in [0.717, 1.165) is 6.26 Å². The van der Waals surface area contributed by atoms with E-state index in [2.05, 4.69) is 10.3 Å². The Balaban J connectivity index is 1.68. The molecule has 4 rings (SSSR count). The Hall–Kier alpha value is -3.44. The number of sulfone groups is 1. The molecule has 0 fully saturated rings. The number of rotatable bonds is 9. The summed E-state index contributed by atoms with van der Waals surface area (Å²) in [5, 5.41) is 14.0. The van der Waals surface area contributed by atoms with Crippen molar-refractivity contribution in [1.29, 1.82) is 0 Å². The number of nitrogens with two attached hydrogens (primary N) is 1. The van der Waals surface area contributed by atoms with Crippen LogP contribution in [0.15, 0.2) is 53.5 Å². The first-order chi connectivity index (χ1) is 19.2. The molecular weight excluding hydrogens is 544 g/mol. The van der Waals surface area contributed by atoms with Crippen molar-refractivity contribution in [3.05, 3.63) is 65.2 Å². The summed E-state index contributed by atoms with van der Waals surface area (Å²) in [4.78, 5) is 33.1. The number of aliphatic hydroxyl groups is 1. The molecule has 2 aromatic carbocycles. The van der Waals surface area contributed by atoms with Crippen LogP contribution in [0.4, 0.5) is 0 Å². The molecule has 0 saturated carbocycles. The minimum atomic E-state index is -3.36. The molecule has 2 heterocycles. The average molecular weight is 585 g/mol. The number of nitrogens with one attached hydrogen (secondary N) is 1. The largest absolute Gasteiger partial charge is 0.485 e. The molecule has 41 heavy (non-hydrogen) atoms. The standard InChI is InChI=1S/C30H40N4O6S/c1-6-30(7-2)18-24(35)34(28(31)33-30)22(15-16-41(5,38)39)19-11-10-12-20(17-19)27(37)32-25-21-13-8-9-14-23(21)40-29(3,4)26(25)36/h8-14,17,22,25-26,36H,6-7,15-16,18H2,1-5H3,(H2,31,33)(H,32,37)/t22-,25-,26+/m1/s1. The zero-order valence-electron chi connectivity index (χ0n) is 24.3. The molecule has 0 unspecified atom stereocenters. The van der Waals surface area contributed by atoms with E-state index in [1.54, 1.807) is 50.2 Å². The summed E-state index contributed by atoms with van der Waals surface area (Å²) in [6.07, 6.45) is 1.65. The lowest BCUT2D eigenvalue weighted by Gasteiger charge is -2.42. The van der Waals surface area contributed by atoms with E-state index in [-0.39, 0.29) is 36.0 Å². The minimum Gasteiger partial charge on any atom is -0.485 e. The third-order valence-electron chi connectivity index (χ3n) is 8.21. The number of fused-ring (bicyclic) bond motifs is 1. The van der Waals surface area contributed by atoms with Gasteiger partial charge in [0.1, 0.15) is 27.3 Å². The van der Waals surface area contributed by atoms with Crippen molar-refractivity contribution in [2.75, 3.05) is 12.0 Å². The highest BCUT2D eigenvalue weighted by Crippen LogP contribution is 2.40. The first-order valence-electron chi connectivity index (χ1n) is 13.9. The molecule has 0 spiro atoms. The van der Waals surface area contributed by atoms with Gasteiger partial charge in [-0.15, -0.1) is 0 Å². The topological polar surface area (TPSA) is 151 Å². The molecule has 0 aliphatic carbocycles. The first kappa shape index (κ1) is 30.5. The second-order valence-electron chi connectivity index (χ2n) is 11.5. The predicted molar refractivity (Wildman–Crippen MR) is 157 cm³/mol. The molecule has 2 aliphatic heterocycles. The van der Waals surface area contributed by atoms with Crippen LogP contribution in [0, 0.1) is 0 Å². The van der Waals surface area contributed by atoms with E-state index in [4.69, 9.17) is 10.5 Å². The van der Waals surface area contributed by atoms with Gasteiger partial charge in [0.2, 0.25) is 5.91 Å². The summed E-state index contributed by atoms with van der Waals surface area (Å²) in [6, 6.07) is 12.4. The smallest absolute Gasteiger partial charge is 0.251 e. The Bertz CT molecular complexity index is 1450. The van der Waals surface area contributed by atoms with Gasteiger partial charge in [-0.2, -0.15) is 0 Å². The van der Waals surface area contributed by atoms with E-state index in [1.807, 2.05) is 26.0 Å². The number of guanidine groups is 1. The van der Waals surface area contributed by atoms with Gasteiger partial charge in [-0.25, -0.2) is 13.4 Å². The van der Waals surface area contributed by atoms with Crippen LogP contribution in [0.25, 0.3) is 0 Å². The van der Waals surface area contributed by atoms with Gasteiger partial charge in [0, 0.05) is 17.4 Å². The maximum Gasteiger partial charge on any atom is 0.251 e. The minimum absolute atomic E-state index is 0.0440. The summed E-state index contributed by atoms with van der Waals surface area (Å²) < 4.78 is 30.2. The summed E-state index contributed by atoms with van der Waals surface area (Å²) in [6.45, 7) is 7.43. The first-order valence-corrected chi connectivity index (χ1v) is 16.0. The van der Waals surface area contributed by atoms with E-state index in [9.17, 15) is 23.1 Å². The van der Waals surface area contributed by atoms with Gasteiger partial charge in [-0.3, -0.25) is 14.5 Å². The number of ether oxygens (including phenoxy) is 1. The summed E-state index contributed by atoms with van der Waals surface area (Å²) in [7, 11) is -3.36. The van der Waals surface area contributed by atoms with Gasteiger partial charge in [0.05, 0.1) is 29.8 Å². The predicted octanol–water partition coefficient (Wildman–Crippen LogP) is 3.27. The molecule has 11 heteroatoms. The number of aliphatic hydroxyl groups excluding tert-OH is 1. The van der Waals surface area contributed by atoms with Crippen molar-refractivity contribution >= 4 is 27.6 Å². The molecule has 2 aliphatic rings. The van der Waals surface area contributed by atoms with Crippen molar-refractivity contribution in [1.82, 2.24) is 10.2 Å². The summed E-state index contributed by atoms with van der Waals surface area (Å²) in [5.74, 6) is -0.233. The molecule has 2 aromatic rings. The average Bonchev–Trinajstić information content (AvgIpc) is 2.91. The number of hydrogen-bond acceptors (Lipinski definition) is 8. The maximum absolute atomic E-state index is 13.6. The SMILES string of the molecule is CCC1(CC)CC(=O)N([C@H](CCS(C)(=O)=O)c2cccc(C(=O)N[C@@H]3c4ccccc4OC(C)(C)[C@H]3O)c2)C(N)=N1. The van der Waals surface area contributed by atoms with Gasteiger partial charge in [-0.05, 0) is 56.9 Å². The number of amides is 2. The van der Waals surface area contributed by atoms with Crippen molar-refractivity contribution in [3.8, 4) is 5.75 Å². The van der Waals surface area contributed by atoms with Gasteiger partial charge in [0.15, 0.2) is 5.96 Å². The van der Waals surface area contributed by atoms with Gasteiger partial charge in [-0.1, -0.05) is 44.2 Å². The van der Waals surface area contributed by atoms with Crippen LogP contribution in [0.2, 0.25) is 0 Å². The summed E-state index contributed by atoms with van der Waals surface area (Å²) >= 11 is 0. The lowest BCUT2D eigenvalue weighted by molar-refractivity contribution is -0.131. The zero-order valence-corrected chi connectivity index (χ0v) is 25.1.